The number of nitrogens with one attached hydrogen (secondary N) is 1. The number of carbonyl (C=O) groups excluding carboxylic acids is 1. The van der Waals surface area contributed by atoms with E-state index in [1.54, 1.807) is 11.3 Å². The largest absolute Gasteiger partial charge is 0.376 e. The molecule has 1 fully saturated rings. The summed E-state index contributed by atoms with van der Waals surface area (Å²) < 4.78 is 7.97. The molecule has 1 saturated heterocycles. The monoisotopic (exact) mass is 470 g/mol. The Morgan fingerprint density at radius 1 is 1.25 bits per heavy atom. The Kier molecular flexibility index (Phi) is 8.00. The van der Waals surface area contributed by atoms with Gasteiger partial charge in [-0.15, -0.1) is 21.5 Å². The van der Waals surface area contributed by atoms with Gasteiger partial charge in [0.1, 0.15) is 0 Å². The summed E-state index contributed by atoms with van der Waals surface area (Å²) >= 11 is 3.08. The molecule has 1 aliphatic heterocycles. The molecule has 1 aromatic carbocycles. The maximum atomic E-state index is 12.9. The lowest BCUT2D eigenvalue weighted by Gasteiger charge is -2.21. The second-order valence-corrected chi connectivity index (χ2v) is 10.4. The van der Waals surface area contributed by atoms with Crippen molar-refractivity contribution < 1.29 is 9.53 Å². The SMILES string of the molecule is CC(C)CC(NC(=O)CSc1nnc(-c2cccs2)n1CC1CCCO1)c1ccccc1. The van der Waals surface area contributed by atoms with Gasteiger partial charge in [-0.3, -0.25) is 9.36 Å². The summed E-state index contributed by atoms with van der Waals surface area (Å²) in [5.41, 5.74) is 1.14. The van der Waals surface area contributed by atoms with Crippen LogP contribution in [-0.2, 0) is 16.1 Å². The van der Waals surface area contributed by atoms with Gasteiger partial charge >= 0.3 is 0 Å². The summed E-state index contributed by atoms with van der Waals surface area (Å²) in [7, 11) is 0. The van der Waals surface area contributed by atoms with Crippen LogP contribution in [0.15, 0.2) is 53.0 Å². The van der Waals surface area contributed by atoms with Crippen LogP contribution < -0.4 is 5.32 Å². The number of aromatic nitrogens is 3. The van der Waals surface area contributed by atoms with E-state index < -0.39 is 0 Å². The van der Waals surface area contributed by atoms with Crippen LogP contribution in [0.2, 0.25) is 0 Å². The van der Waals surface area contributed by atoms with E-state index in [0.717, 1.165) is 47.3 Å². The maximum Gasteiger partial charge on any atom is 0.230 e. The molecule has 0 spiro atoms. The average molecular weight is 471 g/mol. The first-order valence-corrected chi connectivity index (χ1v) is 13.0. The highest BCUT2D eigenvalue weighted by Crippen LogP contribution is 2.29. The van der Waals surface area contributed by atoms with Crippen molar-refractivity contribution in [1.29, 1.82) is 0 Å². The molecule has 2 atom stereocenters. The third-order valence-electron chi connectivity index (χ3n) is 5.45. The van der Waals surface area contributed by atoms with E-state index >= 15 is 0 Å². The fraction of sp³-hybridized carbons (Fsp3) is 0.458. The molecule has 1 amide bonds. The number of amides is 1. The minimum atomic E-state index is 0.00819. The second kappa shape index (κ2) is 11.1. The molecule has 2 unspecified atom stereocenters. The normalized spacial score (nSPS) is 17.0. The zero-order valence-electron chi connectivity index (χ0n) is 18.6. The van der Waals surface area contributed by atoms with Gasteiger partial charge in [0, 0.05) is 6.61 Å². The van der Waals surface area contributed by atoms with E-state index in [9.17, 15) is 4.79 Å². The zero-order chi connectivity index (χ0) is 22.3. The van der Waals surface area contributed by atoms with Crippen molar-refractivity contribution in [3.63, 3.8) is 0 Å². The van der Waals surface area contributed by atoms with Gasteiger partial charge in [-0.1, -0.05) is 62.0 Å². The molecule has 170 valence electrons. The van der Waals surface area contributed by atoms with Gasteiger partial charge < -0.3 is 10.1 Å². The lowest BCUT2D eigenvalue weighted by atomic mass is 9.97. The molecule has 32 heavy (non-hydrogen) atoms. The van der Waals surface area contributed by atoms with E-state index in [2.05, 4.69) is 52.1 Å². The molecule has 0 saturated carbocycles. The van der Waals surface area contributed by atoms with E-state index in [0.29, 0.717) is 18.2 Å². The van der Waals surface area contributed by atoms with Crippen LogP contribution in [0.25, 0.3) is 10.7 Å². The van der Waals surface area contributed by atoms with Crippen molar-refractivity contribution >= 4 is 29.0 Å². The predicted molar refractivity (Wildman–Crippen MR) is 130 cm³/mol. The zero-order valence-corrected chi connectivity index (χ0v) is 20.2. The summed E-state index contributed by atoms with van der Waals surface area (Å²) in [6.45, 7) is 5.87. The highest BCUT2D eigenvalue weighted by atomic mass is 32.2. The number of rotatable bonds is 10. The molecule has 0 bridgehead atoms. The van der Waals surface area contributed by atoms with Gasteiger partial charge in [0.15, 0.2) is 11.0 Å². The maximum absolute atomic E-state index is 12.9. The molecule has 6 nitrogen and oxygen atoms in total. The van der Waals surface area contributed by atoms with Crippen molar-refractivity contribution in [3.05, 3.63) is 53.4 Å². The Balaban J connectivity index is 1.44. The Labute approximate surface area is 197 Å². The van der Waals surface area contributed by atoms with Gasteiger partial charge in [0.25, 0.3) is 0 Å². The Morgan fingerprint density at radius 3 is 2.78 bits per heavy atom. The number of nitrogens with zero attached hydrogens (tertiary/aromatic N) is 3. The first-order valence-electron chi connectivity index (χ1n) is 11.2. The number of carbonyl (C=O) groups is 1. The van der Waals surface area contributed by atoms with Gasteiger partial charge in [-0.05, 0) is 42.2 Å². The van der Waals surface area contributed by atoms with Crippen molar-refractivity contribution in [2.45, 2.75) is 57.0 Å². The van der Waals surface area contributed by atoms with Crippen LogP contribution in [0, 0.1) is 5.92 Å². The van der Waals surface area contributed by atoms with Gasteiger partial charge in [-0.2, -0.15) is 0 Å². The third kappa shape index (κ3) is 5.99. The van der Waals surface area contributed by atoms with Crippen molar-refractivity contribution in [2.75, 3.05) is 12.4 Å². The number of thiophene rings is 1. The van der Waals surface area contributed by atoms with Crippen molar-refractivity contribution in [3.8, 4) is 10.7 Å². The third-order valence-corrected chi connectivity index (χ3v) is 7.28. The van der Waals surface area contributed by atoms with Crippen LogP contribution in [0.1, 0.15) is 44.7 Å². The van der Waals surface area contributed by atoms with Crippen LogP contribution in [-0.4, -0.2) is 39.1 Å². The van der Waals surface area contributed by atoms with E-state index in [-0.39, 0.29) is 18.1 Å². The van der Waals surface area contributed by atoms with Crippen LogP contribution >= 0.6 is 23.1 Å². The van der Waals surface area contributed by atoms with E-state index in [1.165, 1.54) is 11.8 Å². The molecule has 3 heterocycles. The molecule has 2 aromatic heterocycles. The number of hydrogen-bond donors (Lipinski definition) is 1. The summed E-state index contributed by atoms with van der Waals surface area (Å²) in [5, 5.41) is 14.9. The standard InChI is InChI=1S/C24H30N4O2S2/c1-17(2)14-20(18-8-4-3-5-9-18)25-22(29)16-32-24-27-26-23(21-11-7-13-31-21)28(24)15-19-10-6-12-30-19/h3-5,7-9,11,13,17,19-20H,6,10,12,14-16H2,1-2H3,(H,25,29). The van der Waals surface area contributed by atoms with Crippen LogP contribution in [0.5, 0.6) is 0 Å². The van der Waals surface area contributed by atoms with Crippen molar-refractivity contribution in [1.82, 2.24) is 20.1 Å². The van der Waals surface area contributed by atoms with Gasteiger partial charge in [0.05, 0.1) is 29.3 Å². The fourth-order valence-electron chi connectivity index (χ4n) is 3.94. The number of benzene rings is 1. The molecule has 4 rings (SSSR count). The average Bonchev–Trinajstić information content (AvgIpc) is 3.55. The molecule has 8 heteroatoms. The molecule has 1 N–H and O–H groups in total. The molecule has 0 radical (unpaired) electrons. The lowest BCUT2D eigenvalue weighted by Crippen LogP contribution is -2.31. The fourth-order valence-corrected chi connectivity index (χ4v) is 5.42. The predicted octanol–water partition coefficient (Wildman–Crippen LogP) is 5.18. The molecular formula is C24H30N4O2S2. The summed E-state index contributed by atoms with van der Waals surface area (Å²) in [6.07, 6.45) is 3.20. The number of hydrogen-bond acceptors (Lipinski definition) is 6. The van der Waals surface area contributed by atoms with Gasteiger partial charge in [-0.25, -0.2) is 0 Å². The summed E-state index contributed by atoms with van der Waals surface area (Å²) in [5.74, 6) is 1.64. The van der Waals surface area contributed by atoms with Crippen molar-refractivity contribution in [2.24, 2.45) is 5.92 Å². The molecule has 1 aliphatic rings. The Morgan fingerprint density at radius 2 is 2.09 bits per heavy atom. The second-order valence-electron chi connectivity index (χ2n) is 8.48. The number of ether oxygens (including phenoxy) is 1. The van der Waals surface area contributed by atoms with E-state index in [1.807, 2.05) is 29.6 Å². The van der Waals surface area contributed by atoms with Crippen LogP contribution in [0.3, 0.4) is 0 Å². The molecular weight excluding hydrogens is 440 g/mol. The molecule has 0 aliphatic carbocycles. The lowest BCUT2D eigenvalue weighted by molar-refractivity contribution is -0.119. The first-order chi connectivity index (χ1) is 15.6. The minimum Gasteiger partial charge on any atom is -0.376 e. The van der Waals surface area contributed by atoms with E-state index in [4.69, 9.17) is 4.74 Å². The highest BCUT2D eigenvalue weighted by Gasteiger charge is 2.23. The minimum absolute atomic E-state index is 0.00819. The summed E-state index contributed by atoms with van der Waals surface area (Å²) in [4.78, 5) is 13.9. The quantitative estimate of drug-likeness (QED) is 0.414. The smallest absolute Gasteiger partial charge is 0.230 e. The number of thioether (sulfide) groups is 1. The Hall–Kier alpha value is -2.16. The van der Waals surface area contributed by atoms with Crippen LogP contribution in [0.4, 0.5) is 0 Å². The topological polar surface area (TPSA) is 69.0 Å². The Bertz CT molecular complexity index is 983. The first kappa shape index (κ1) is 23.0. The van der Waals surface area contributed by atoms with Gasteiger partial charge in [0.2, 0.25) is 5.91 Å². The highest BCUT2D eigenvalue weighted by molar-refractivity contribution is 7.99. The summed E-state index contributed by atoms with van der Waals surface area (Å²) in [6, 6.07) is 14.3. The molecule has 3 aromatic rings.